The summed E-state index contributed by atoms with van der Waals surface area (Å²) in [5.41, 5.74) is 5.90. The number of nitrogens with one attached hydrogen (secondary N) is 1. The lowest BCUT2D eigenvalue weighted by Crippen LogP contribution is -2.18. The van der Waals surface area contributed by atoms with Crippen molar-refractivity contribution in [2.24, 2.45) is 5.10 Å². The van der Waals surface area contributed by atoms with Crippen LogP contribution in [0.2, 0.25) is 5.02 Å². The van der Waals surface area contributed by atoms with E-state index in [4.69, 9.17) is 16.3 Å². The van der Waals surface area contributed by atoms with E-state index in [-0.39, 0.29) is 6.61 Å². The van der Waals surface area contributed by atoms with Crippen molar-refractivity contribution in [1.29, 1.82) is 5.26 Å². The highest BCUT2D eigenvalue weighted by Gasteiger charge is 2.11. The molecule has 3 aromatic carbocycles. The van der Waals surface area contributed by atoms with Gasteiger partial charge in [0.1, 0.15) is 12.4 Å². The standard InChI is InChI=1S/C23H16Br2ClN3O2/c1-14-6-7-18(21(26)8-14)23(30)29-28-12-15-9-19(24)22(20(25)10-15)31-13-17-5-3-2-4-16(17)11-27/h2-10,12H,13H2,1H3,(H,29,30)/b28-12-. The first-order valence-electron chi connectivity index (χ1n) is 9.08. The van der Waals surface area contributed by atoms with Crippen LogP contribution < -0.4 is 10.2 Å². The Labute approximate surface area is 201 Å². The molecule has 8 heteroatoms. The molecule has 0 aliphatic rings. The first kappa shape index (κ1) is 23.0. The van der Waals surface area contributed by atoms with E-state index in [1.165, 1.54) is 6.21 Å². The number of hydrogen-bond acceptors (Lipinski definition) is 4. The minimum Gasteiger partial charge on any atom is -0.486 e. The average Bonchev–Trinajstić information content (AvgIpc) is 2.73. The maximum Gasteiger partial charge on any atom is 0.272 e. The van der Waals surface area contributed by atoms with Gasteiger partial charge in [0.25, 0.3) is 5.91 Å². The molecule has 0 saturated carbocycles. The molecule has 1 amide bonds. The normalized spacial score (nSPS) is 10.7. The monoisotopic (exact) mass is 559 g/mol. The summed E-state index contributed by atoms with van der Waals surface area (Å²) in [5.74, 6) is 0.204. The molecule has 3 rings (SSSR count). The second-order valence-corrected chi connectivity index (χ2v) is 8.67. The first-order valence-corrected chi connectivity index (χ1v) is 11.0. The number of amides is 1. The van der Waals surface area contributed by atoms with Crippen molar-refractivity contribution in [3.05, 3.63) is 96.4 Å². The van der Waals surface area contributed by atoms with Gasteiger partial charge in [-0.15, -0.1) is 0 Å². The van der Waals surface area contributed by atoms with Gasteiger partial charge in [-0.05, 0) is 80.2 Å². The topological polar surface area (TPSA) is 74.5 Å². The van der Waals surface area contributed by atoms with Crippen molar-refractivity contribution < 1.29 is 9.53 Å². The minimum absolute atomic E-state index is 0.252. The van der Waals surface area contributed by atoms with Gasteiger partial charge in [0, 0.05) is 5.56 Å². The lowest BCUT2D eigenvalue weighted by Gasteiger charge is -2.12. The molecular formula is C23H16Br2ClN3O2. The second kappa shape index (κ2) is 10.6. The molecule has 1 N–H and O–H groups in total. The number of carbonyl (C=O) groups excluding carboxylic acids is 1. The Morgan fingerprint density at radius 2 is 1.90 bits per heavy atom. The number of halogens is 3. The number of hydrogen-bond donors (Lipinski definition) is 1. The van der Waals surface area contributed by atoms with E-state index in [9.17, 15) is 10.1 Å². The molecule has 5 nitrogen and oxygen atoms in total. The zero-order valence-electron chi connectivity index (χ0n) is 16.3. The smallest absolute Gasteiger partial charge is 0.272 e. The van der Waals surface area contributed by atoms with Crippen LogP contribution in [0.4, 0.5) is 0 Å². The number of nitriles is 1. The zero-order valence-corrected chi connectivity index (χ0v) is 20.3. The van der Waals surface area contributed by atoms with Gasteiger partial charge in [-0.1, -0.05) is 35.9 Å². The molecule has 0 aliphatic carbocycles. The Kier molecular flexibility index (Phi) is 7.85. The summed E-state index contributed by atoms with van der Waals surface area (Å²) in [4.78, 5) is 12.3. The number of carbonyl (C=O) groups is 1. The first-order chi connectivity index (χ1) is 14.9. The van der Waals surface area contributed by atoms with Crippen LogP contribution in [0.5, 0.6) is 5.75 Å². The maximum atomic E-state index is 12.3. The van der Waals surface area contributed by atoms with E-state index in [0.717, 1.165) is 16.7 Å². The van der Waals surface area contributed by atoms with Gasteiger partial charge in [-0.3, -0.25) is 4.79 Å². The van der Waals surface area contributed by atoms with Gasteiger partial charge in [0.15, 0.2) is 0 Å². The van der Waals surface area contributed by atoms with Gasteiger partial charge in [-0.25, -0.2) is 5.43 Å². The van der Waals surface area contributed by atoms with Crippen LogP contribution in [0.3, 0.4) is 0 Å². The van der Waals surface area contributed by atoms with Crippen LogP contribution >= 0.6 is 43.5 Å². The van der Waals surface area contributed by atoms with Crippen LogP contribution in [0.1, 0.15) is 32.6 Å². The SMILES string of the molecule is Cc1ccc(C(=O)N/N=C\c2cc(Br)c(OCc3ccccc3C#N)c(Br)c2)c(Cl)c1. The van der Waals surface area contributed by atoms with E-state index < -0.39 is 5.91 Å². The Bertz CT molecular complexity index is 1180. The number of ether oxygens (including phenoxy) is 1. The minimum atomic E-state index is -0.393. The van der Waals surface area contributed by atoms with Crippen LogP contribution in [0, 0.1) is 18.3 Å². The third-order valence-corrected chi connectivity index (χ3v) is 5.77. The van der Waals surface area contributed by atoms with Crippen molar-refractivity contribution in [2.75, 3.05) is 0 Å². The highest BCUT2D eigenvalue weighted by Crippen LogP contribution is 2.35. The van der Waals surface area contributed by atoms with Crippen LogP contribution in [-0.2, 0) is 6.61 Å². The summed E-state index contributed by atoms with van der Waals surface area (Å²) in [5, 5.41) is 13.6. The predicted molar refractivity (Wildman–Crippen MR) is 129 cm³/mol. The highest BCUT2D eigenvalue weighted by molar-refractivity contribution is 9.11. The lowest BCUT2D eigenvalue weighted by molar-refractivity contribution is 0.0955. The summed E-state index contributed by atoms with van der Waals surface area (Å²) in [6, 6.07) is 18.3. The summed E-state index contributed by atoms with van der Waals surface area (Å²) in [6.07, 6.45) is 1.52. The number of benzene rings is 3. The second-order valence-electron chi connectivity index (χ2n) is 6.55. The quantitative estimate of drug-likeness (QED) is 0.280. The third-order valence-electron chi connectivity index (χ3n) is 4.28. The van der Waals surface area contributed by atoms with E-state index in [1.54, 1.807) is 18.2 Å². The molecule has 156 valence electrons. The van der Waals surface area contributed by atoms with Gasteiger partial charge in [0.2, 0.25) is 0 Å². The molecule has 0 bridgehead atoms. The molecular weight excluding hydrogens is 546 g/mol. The maximum absolute atomic E-state index is 12.3. The summed E-state index contributed by atoms with van der Waals surface area (Å²) in [7, 11) is 0. The molecule has 0 fully saturated rings. The molecule has 0 radical (unpaired) electrons. The zero-order chi connectivity index (χ0) is 22.4. The molecule has 0 heterocycles. The summed E-state index contributed by atoms with van der Waals surface area (Å²) in [6.45, 7) is 2.15. The van der Waals surface area contributed by atoms with Gasteiger partial charge in [0.05, 0.1) is 37.4 Å². The van der Waals surface area contributed by atoms with Crippen LogP contribution in [0.15, 0.2) is 68.6 Å². The number of nitrogens with zero attached hydrogens (tertiary/aromatic N) is 2. The van der Waals surface area contributed by atoms with E-state index in [1.807, 2.05) is 43.3 Å². The molecule has 0 saturated heterocycles. The molecule has 0 unspecified atom stereocenters. The Morgan fingerprint density at radius 1 is 1.19 bits per heavy atom. The molecule has 0 aromatic heterocycles. The highest BCUT2D eigenvalue weighted by atomic mass is 79.9. The molecule has 0 aliphatic heterocycles. The molecule has 3 aromatic rings. The number of aryl methyl sites for hydroxylation is 1. The fourth-order valence-electron chi connectivity index (χ4n) is 2.73. The number of hydrazone groups is 1. The predicted octanol–water partition coefficient (Wildman–Crippen LogP) is 6.39. The van der Waals surface area contributed by atoms with Crippen LogP contribution in [-0.4, -0.2) is 12.1 Å². The third kappa shape index (κ3) is 5.95. The van der Waals surface area contributed by atoms with Gasteiger partial charge in [-0.2, -0.15) is 10.4 Å². The molecule has 31 heavy (non-hydrogen) atoms. The van der Waals surface area contributed by atoms with Gasteiger partial charge < -0.3 is 4.74 Å². The van der Waals surface area contributed by atoms with Crippen molar-refractivity contribution >= 4 is 55.6 Å². The lowest BCUT2D eigenvalue weighted by atomic mass is 10.1. The van der Waals surface area contributed by atoms with Crippen LogP contribution in [0.25, 0.3) is 0 Å². The Hall–Kier alpha value is -2.66. The van der Waals surface area contributed by atoms with E-state index >= 15 is 0 Å². The van der Waals surface area contributed by atoms with Crippen molar-refractivity contribution in [1.82, 2.24) is 5.43 Å². The Balaban J connectivity index is 1.68. The molecule has 0 spiro atoms. The Morgan fingerprint density at radius 3 is 2.58 bits per heavy atom. The van der Waals surface area contributed by atoms with Crippen molar-refractivity contribution in [3.8, 4) is 11.8 Å². The van der Waals surface area contributed by atoms with E-state index in [0.29, 0.717) is 30.8 Å². The van der Waals surface area contributed by atoms with Crippen molar-refractivity contribution in [3.63, 3.8) is 0 Å². The summed E-state index contributed by atoms with van der Waals surface area (Å²) < 4.78 is 7.30. The largest absolute Gasteiger partial charge is 0.486 e. The van der Waals surface area contributed by atoms with Gasteiger partial charge >= 0.3 is 0 Å². The molecule has 0 atom stereocenters. The fourth-order valence-corrected chi connectivity index (χ4v) is 4.50. The fraction of sp³-hybridized carbons (Fsp3) is 0.0870. The van der Waals surface area contributed by atoms with E-state index in [2.05, 4.69) is 48.5 Å². The number of rotatable bonds is 6. The van der Waals surface area contributed by atoms with Crippen molar-refractivity contribution in [2.45, 2.75) is 13.5 Å². The average molecular weight is 562 g/mol. The summed E-state index contributed by atoms with van der Waals surface area (Å²) >= 11 is 13.1.